The number of pyridine rings is 1. The Morgan fingerprint density at radius 1 is 1.20 bits per heavy atom. The van der Waals surface area contributed by atoms with E-state index in [1.807, 2.05) is 12.1 Å². The van der Waals surface area contributed by atoms with Crippen molar-refractivity contribution in [3.05, 3.63) is 47.8 Å². The van der Waals surface area contributed by atoms with Crippen molar-refractivity contribution in [2.24, 2.45) is 0 Å². The molecule has 3 aromatic heterocycles. The van der Waals surface area contributed by atoms with E-state index in [4.69, 9.17) is 4.74 Å². The van der Waals surface area contributed by atoms with Crippen LogP contribution in [0.3, 0.4) is 0 Å². The standard InChI is InChI=1S/C29H34FN7O4/c1-27(2,40)24(30)17-34-25(38)20-16-33-22(23-5-4-19-12-18(14-31)15-35-37(19)23)13-21(20)36-28-6-9-29(10-7-28,11-8-28)41-26(39)32-3/h4-5,12-13,15-16,24,40H,6-11,17H2,1-3H3,(H,32,39)(H,33,36)(H,34,38)/t24-,28?,29?/m1/s1. The van der Waals surface area contributed by atoms with Crippen LogP contribution in [0.4, 0.5) is 14.9 Å². The van der Waals surface area contributed by atoms with Gasteiger partial charge < -0.3 is 25.8 Å². The van der Waals surface area contributed by atoms with E-state index in [0.29, 0.717) is 41.9 Å². The molecule has 12 heteroatoms. The van der Waals surface area contributed by atoms with Gasteiger partial charge in [0.25, 0.3) is 5.91 Å². The summed E-state index contributed by atoms with van der Waals surface area (Å²) in [7, 11) is 1.54. The van der Waals surface area contributed by atoms with E-state index in [2.05, 4.69) is 32.1 Å². The summed E-state index contributed by atoms with van der Waals surface area (Å²) >= 11 is 0. The molecule has 0 spiro atoms. The second kappa shape index (κ2) is 10.6. The lowest BCUT2D eigenvalue weighted by atomic mass is 9.63. The van der Waals surface area contributed by atoms with Gasteiger partial charge in [0.15, 0.2) is 0 Å². The van der Waals surface area contributed by atoms with Crippen LogP contribution >= 0.6 is 0 Å². The third-order valence-electron chi connectivity index (χ3n) is 8.34. The van der Waals surface area contributed by atoms with Gasteiger partial charge in [0.2, 0.25) is 0 Å². The first-order valence-electron chi connectivity index (χ1n) is 13.7. The van der Waals surface area contributed by atoms with Crippen LogP contribution in [0.5, 0.6) is 0 Å². The molecule has 1 atom stereocenters. The van der Waals surface area contributed by atoms with Gasteiger partial charge >= 0.3 is 6.09 Å². The van der Waals surface area contributed by atoms with Crippen LogP contribution in [0.1, 0.15) is 68.3 Å². The number of carbonyl (C=O) groups excluding carboxylic acids is 2. The number of aromatic nitrogens is 3. The molecule has 216 valence electrons. The molecule has 0 aromatic carbocycles. The van der Waals surface area contributed by atoms with E-state index < -0.39 is 29.4 Å². The normalized spacial score (nSPS) is 22.5. The maximum Gasteiger partial charge on any atom is 0.407 e. The molecule has 6 rings (SSSR count). The molecule has 3 aromatic rings. The Morgan fingerprint density at radius 3 is 2.54 bits per heavy atom. The summed E-state index contributed by atoms with van der Waals surface area (Å²) in [5.41, 5.74) is 0.770. The van der Waals surface area contributed by atoms with Gasteiger partial charge in [-0.2, -0.15) is 10.4 Å². The highest BCUT2D eigenvalue weighted by Crippen LogP contribution is 2.50. The maximum absolute atomic E-state index is 14.4. The van der Waals surface area contributed by atoms with Crippen LogP contribution in [-0.4, -0.2) is 68.2 Å². The van der Waals surface area contributed by atoms with Crippen molar-refractivity contribution in [2.45, 2.75) is 75.3 Å². The van der Waals surface area contributed by atoms with Crippen LogP contribution in [0.15, 0.2) is 36.7 Å². The summed E-state index contributed by atoms with van der Waals surface area (Å²) < 4.78 is 21.8. The predicted octanol–water partition coefficient (Wildman–Crippen LogP) is 3.72. The number of carbonyl (C=O) groups is 2. The van der Waals surface area contributed by atoms with Crippen molar-refractivity contribution in [1.82, 2.24) is 25.2 Å². The number of alkyl carbamates (subject to hydrolysis) is 1. The lowest BCUT2D eigenvalue weighted by Crippen LogP contribution is -2.56. The number of halogens is 1. The maximum atomic E-state index is 14.4. The lowest BCUT2D eigenvalue weighted by molar-refractivity contribution is -0.0670. The Morgan fingerprint density at radius 2 is 1.90 bits per heavy atom. The average Bonchev–Trinajstić information content (AvgIpc) is 3.39. The molecule has 3 heterocycles. The fourth-order valence-electron chi connectivity index (χ4n) is 5.69. The third kappa shape index (κ3) is 5.67. The van der Waals surface area contributed by atoms with Gasteiger partial charge in [-0.15, -0.1) is 0 Å². The van der Waals surface area contributed by atoms with E-state index in [1.165, 1.54) is 26.2 Å². The van der Waals surface area contributed by atoms with Gasteiger partial charge in [-0.05, 0) is 76.6 Å². The number of ether oxygens (including phenoxy) is 1. The van der Waals surface area contributed by atoms with Gasteiger partial charge in [0.1, 0.15) is 17.8 Å². The van der Waals surface area contributed by atoms with Crippen molar-refractivity contribution >= 4 is 23.2 Å². The molecule has 3 aliphatic rings. The summed E-state index contributed by atoms with van der Waals surface area (Å²) in [6, 6.07) is 9.27. The minimum atomic E-state index is -1.66. The number of hydrogen-bond donors (Lipinski definition) is 4. The number of hydrogen-bond acceptors (Lipinski definition) is 8. The first kappa shape index (κ1) is 28.3. The molecule has 0 aliphatic heterocycles. The number of rotatable bonds is 8. The van der Waals surface area contributed by atoms with Gasteiger partial charge in [-0.3, -0.25) is 9.78 Å². The van der Waals surface area contributed by atoms with Crippen LogP contribution in [0.25, 0.3) is 16.9 Å². The molecule has 2 bridgehead atoms. The molecule has 0 saturated heterocycles. The lowest BCUT2D eigenvalue weighted by Gasteiger charge is -2.53. The Balaban J connectivity index is 1.45. The SMILES string of the molecule is CNC(=O)OC12CCC(Nc3cc(-c4ccc5cc(C#N)cnn45)ncc3C(=O)NC[C@@H](F)C(C)(C)O)(CC1)CC2. The number of nitrogens with zero attached hydrogens (tertiary/aromatic N) is 4. The van der Waals surface area contributed by atoms with Gasteiger partial charge in [-0.1, -0.05) is 0 Å². The van der Waals surface area contributed by atoms with Crippen LogP contribution < -0.4 is 16.0 Å². The second-order valence-corrected chi connectivity index (χ2v) is 11.6. The van der Waals surface area contributed by atoms with E-state index in [1.54, 1.807) is 23.7 Å². The Labute approximate surface area is 237 Å². The van der Waals surface area contributed by atoms with E-state index in [-0.39, 0.29) is 17.6 Å². The molecule has 0 unspecified atom stereocenters. The van der Waals surface area contributed by atoms with E-state index >= 15 is 0 Å². The zero-order chi connectivity index (χ0) is 29.4. The summed E-state index contributed by atoms with van der Waals surface area (Å²) in [6.45, 7) is 2.34. The molecule has 4 N–H and O–H groups in total. The van der Waals surface area contributed by atoms with Crippen molar-refractivity contribution in [1.29, 1.82) is 5.26 Å². The van der Waals surface area contributed by atoms with Crippen LogP contribution in [0.2, 0.25) is 0 Å². The number of anilines is 1. The highest BCUT2D eigenvalue weighted by Gasteiger charge is 2.51. The van der Waals surface area contributed by atoms with E-state index in [0.717, 1.165) is 24.8 Å². The van der Waals surface area contributed by atoms with Crippen molar-refractivity contribution in [3.8, 4) is 17.5 Å². The minimum Gasteiger partial charge on any atom is -0.443 e. The molecule has 3 fully saturated rings. The van der Waals surface area contributed by atoms with Crippen molar-refractivity contribution in [3.63, 3.8) is 0 Å². The predicted molar refractivity (Wildman–Crippen MR) is 149 cm³/mol. The largest absolute Gasteiger partial charge is 0.443 e. The van der Waals surface area contributed by atoms with Gasteiger partial charge in [0.05, 0.1) is 52.1 Å². The molecule has 41 heavy (non-hydrogen) atoms. The third-order valence-corrected chi connectivity index (χ3v) is 8.34. The highest BCUT2D eigenvalue weighted by molar-refractivity contribution is 6.00. The highest BCUT2D eigenvalue weighted by atomic mass is 19.1. The zero-order valence-corrected chi connectivity index (χ0v) is 23.3. The summed E-state index contributed by atoms with van der Waals surface area (Å²) in [4.78, 5) is 29.8. The monoisotopic (exact) mass is 563 g/mol. The molecule has 11 nitrogen and oxygen atoms in total. The van der Waals surface area contributed by atoms with Crippen LogP contribution in [-0.2, 0) is 4.74 Å². The summed E-state index contributed by atoms with van der Waals surface area (Å²) in [5, 5.41) is 32.3. The molecule has 2 amide bonds. The second-order valence-electron chi connectivity index (χ2n) is 11.6. The first-order valence-corrected chi connectivity index (χ1v) is 13.7. The van der Waals surface area contributed by atoms with Crippen molar-refractivity contribution < 1.29 is 23.8 Å². The number of amides is 2. The van der Waals surface area contributed by atoms with Crippen molar-refractivity contribution in [2.75, 3.05) is 18.9 Å². The fraction of sp³-hybridized carbons (Fsp3) is 0.483. The van der Waals surface area contributed by atoms with Crippen LogP contribution in [0, 0.1) is 11.3 Å². The van der Waals surface area contributed by atoms with Gasteiger partial charge in [0, 0.05) is 18.8 Å². The number of nitrogens with one attached hydrogen (secondary N) is 3. The Hall–Kier alpha value is -4.24. The quantitative estimate of drug-likeness (QED) is 0.323. The number of aliphatic hydroxyl groups is 1. The minimum absolute atomic E-state index is 0.246. The Bertz CT molecular complexity index is 1500. The Kier molecular flexibility index (Phi) is 7.33. The zero-order valence-electron chi connectivity index (χ0n) is 23.3. The smallest absolute Gasteiger partial charge is 0.407 e. The molecule has 3 aliphatic carbocycles. The average molecular weight is 564 g/mol. The molecular formula is C29H34FN7O4. The van der Waals surface area contributed by atoms with E-state index in [9.17, 15) is 24.3 Å². The molecule has 0 radical (unpaired) electrons. The molecule has 3 saturated carbocycles. The molecular weight excluding hydrogens is 529 g/mol. The number of fused-ring (bicyclic) bond motifs is 4. The summed E-state index contributed by atoms with van der Waals surface area (Å²) in [5.74, 6) is -0.518. The fourth-order valence-corrected chi connectivity index (χ4v) is 5.69. The topological polar surface area (TPSA) is 154 Å². The van der Waals surface area contributed by atoms with Gasteiger partial charge in [-0.25, -0.2) is 13.7 Å². The number of alkyl halides is 1. The summed E-state index contributed by atoms with van der Waals surface area (Å²) in [6.07, 6.45) is 5.12. The number of nitriles is 1. The first-order chi connectivity index (χ1) is 19.5.